The van der Waals surface area contributed by atoms with Crippen molar-refractivity contribution in [1.82, 2.24) is 5.32 Å². The summed E-state index contributed by atoms with van der Waals surface area (Å²) in [5, 5.41) is 3.65. The molecule has 2 nitrogen and oxygen atoms in total. The van der Waals surface area contributed by atoms with Crippen molar-refractivity contribution < 1.29 is 0 Å². The van der Waals surface area contributed by atoms with Gasteiger partial charge in [-0.1, -0.05) is 27.7 Å². The van der Waals surface area contributed by atoms with E-state index in [1.54, 1.807) is 0 Å². The summed E-state index contributed by atoms with van der Waals surface area (Å²) in [6.07, 6.45) is 4.07. The molecule has 2 heteroatoms. The summed E-state index contributed by atoms with van der Waals surface area (Å²) < 4.78 is 0. The van der Waals surface area contributed by atoms with E-state index in [0.717, 1.165) is 24.9 Å². The maximum absolute atomic E-state index is 5.81. The van der Waals surface area contributed by atoms with E-state index >= 15 is 0 Å². The molecule has 1 saturated carbocycles. The number of nitrogens with two attached hydrogens (primary N) is 1. The molecule has 0 aromatic rings. The largest absolute Gasteiger partial charge is 0.330 e. The van der Waals surface area contributed by atoms with Crippen LogP contribution in [0.25, 0.3) is 0 Å². The van der Waals surface area contributed by atoms with Crippen LogP contribution < -0.4 is 11.1 Å². The molecule has 1 fully saturated rings. The van der Waals surface area contributed by atoms with Gasteiger partial charge in [0.05, 0.1) is 0 Å². The summed E-state index contributed by atoms with van der Waals surface area (Å²) in [7, 11) is 0. The fourth-order valence-electron chi connectivity index (χ4n) is 2.57. The van der Waals surface area contributed by atoms with E-state index in [-0.39, 0.29) is 0 Å². The SMILES string of the molecule is CC(C)CC(CN)CNCC1(C(C)C)CC1. The molecule has 0 heterocycles. The van der Waals surface area contributed by atoms with E-state index < -0.39 is 0 Å². The highest BCUT2D eigenvalue weighted by molar-refractivity contribution is 4.97. The van der Waals surface area contributed by atoms with Crippen molar-refractivity contribution in [3.8, 4) is 0 Å². The predicted molar refractivity (Wildman–Crippen MR) is 71.4 cm³/mol. The van der Waals surface area contributed by atoms with Crippen LogP contribution in [0, 0.1) is 23.2 Å². The number of hydrogen-bond acceptors (Lipinski definition) is 2. The Kier molecular flexibility index (Phi) is 5.26. The van der Waals surface area contributed by atoms with Crippen LogP contribution in [0.3, 0.4) is 0 Å². The second kappa shape index (κ2) is 6.02. The van der Waals surface area contributed by atoms with Crippen molar-refractivity contribution in [3.05, 3.63) is 0 Å². The molecular weight excluding hydrogens is 196 g/mol. The molecule has 16 heavy (non-hydrogen) atoms. The Balaban J connectivity index is 2.18. The lowest BCUT2D eigenvalue weighted by Crippen LogP contribution is -2.34. The minimum Gasteiger partial charge on any atom is -0.330 e. The van der Waals surface area contributed by atoms with Gasteiger partial charge >= 0.3 is 0 Å². The molecule has 96 valence electrons. The quantitative estimate of drug-likeness (QED) is 0.668. The van der Waals surface area contributed by atoms with E-state index in [9.17, 15) is 0 Å². The monoisotopic (exact) mass is 226 g/mol. The van der Waals surface area contributed by atoms with Gasteiger partial charge in [0.1, 0.15) is 0 Å². The van der Waals surface area contributed by atoms with Gasteiger partial charge in [0.15, 0.2) is 0 Å². The molecule has 1 aliphatic rings. The molecule has 1 unspecified atom stereocenters. The highest BCUT2D eigenvalue weighted by Gasteiger charge is 2.44. The van der Waals surface area contributed by atoms with E-state index in [1.165, 1.54) is 25.8 Å². The highest BCUT2D eigenvalue weighted by Crippen LogP contribution is 2.51. The second-order valence-electron chi connectivity index (χ2n) is 6.38. The van der Waals surface area contributed by atoms with Crippen LogP contribution in [0.15, 0.2) is 0 Å². The smallest absolute Gasteiger partial charge is 0.00104 e. The zero-order valence-corrected chi connectivity index (χ0v) is 11.6. The molecule has 0 aromatic carbocycles. The Morgan fingerprint density at radius 3 is 2.19 bits per heavy atom. The van der Waals surface area contributed by atoms with Gasteiger partial charge in [0.25, 0.3) is 0 Å². The first-order valence-electron chi connectivity index (χ1n) is 6.91. The Morgan fingerprint density at radius 2 is 1.81 bits per heavy atom. The normalized spacial score (nSPS) is 20.4. The van der Waals surface area contributed by atoms with Gasteiger partial charge in [0.2, 0.25) is 0 Å². The maximum atomic E-state index is 5.81. The van der Waals surface area contributed by atoms with Crippen molar-refractivity contribution >= 4 is 0 Å². The van der Waals surface area contributed by atoms with Crippen molar-refractivity contribution in [3.63, 3.8) is 0 Å². The third-order valence-corrected chi connectivity index (χ3v) is 4.17. The molecule has 0 spiro atoms. The third kappa shape index (κ3) is 4.06. The van der Waals surface area contributed by atoms with E-state index in [4.69, 9.17) is 5.73 Å². The molecule has 0 amide bonds. The first kappa shape index (κ1) is 14.0. The molecule has 1 aliphatic carbocycles. The highest BCUT2D eigenvalue weighted by atomic mass is 14.9. The van der Waals surface area contributed by atoms with Crippen LogP contribution in [0.1, 0.15) is 47.0 Å². The zero-order chi connectivity index (χ0) is 12.2. The summed E-state index contributed by atoms with van der Waals surface area (Å²) >= 11 is 0. The number of hydrogen-bond donors (Lipinski definition) is 2. The third-order valence-electron chi connectivity index (χ3n) is 4.17. The maximum Gasteiger partial charge on any atom is 0.00104 e. The summed E-state index contributed by atoms with van der Waals surface area (Å²) in [5.74, 6) is 2.24. The van der Waals surface area contributed by atoms with Gasteiger partial charge < -0.3 is 11.1 Å². The predicted octanol–water partition coefficient (Wildman–Crippen LogP) is 2.63. The molecule has 1 atom stereocenters. The van der Waals surface area contributed by atoms with Gasteiger partial charge in [-0.15, -0.1) is 0 Å². The molecule has 1 rings (SSSR count). The first-order valence-corrected chi connectivity index (χ1v) is 6.91. The fraction of sp³-hybridized carbons (Fsp3) is 1.00. The Hall–Kier alpha value is -0.0800. The van der Waals surface area contributed by atoms with Gasteiger partial charge in [-0.25, -0.2) is 0 Å². The molecule has 0 bridgehead atoms. The average Bonchev–Trinajstić information content (AvgIpc) is 2.96. The first-order chi connectivity index (χ1) is 7.50. The lowest BCUT2D eigenvalue weighted by atomic mass is 9.92. The van der Waals surface area contributed by atoms with Crippen molar-refractivity contribution in [2.75, 3.05) is 19.6 Å². The van der Waals surface area contributed by atoms with Gasteiger partial charge in [0, 0.05) is 6.54 Å². The Morgan fingerprint density at radius 1 is 1.19 bits per heavy atom. The van der Waals surface area contributed by atoms with Crippen LogP contribution >= 0.6 is 0 Å². The molecule has 0 saturated heterocycles. The Bertz CT molecular complexity index is 195. The standard InChI is InChI=1S/C14H30N2/c1-11(2)7-13(8-15)9-16-10-14(5-6-14)12(3)4/h11-13,16H,5-10,15H2,1-4H3. The molecular formula is C14H30N2. The summed E-state index contributed by atoms with van der Waals surface area (Å²) in [6.45, 7) is 12.4. The van der Waals surface area contributed by atoms with Gasteiger partial charge in [-0.3, -0.25) is 0 Å². The van der Waals surface area contributed by atoms with Crippen molar-refractivity contribution in [2.45, 2.75) is 47.0 Å². The van der Waals surface area contributed by atoms with Crippen molar-refractivity contribution in [1.29, 1.82) is 0 Å². The second-order valence-corrected chi connectivity index (χ2v) is 6.38. The number of rotatable bonds is 8. The van der Waals surface area contributed by atoms with E-state index in [1.807, 2.05) is 0 Å². The van der Waals surface area contributed by atoms with Crippen LogP contribution in [-0.2, 0) is 0 Å². The fourth-order valence-corrected chi connectivity index (χ4v) is 2.57. The summed E-state index contributed by atoms with van der Waals surface area (Å²) in [5.41, 5.74) is 6.43. The minimum absolute atomic E-state index is 0.622. The summed E-state index contributed by atoms with van der Waals surface area (Å²) in [4.78, 5) is 0. The zero-order valence-electron chi connectivity index (χ0n) is 11.6. The number of nitrogens with one attached hydrogen (secondary N) is 1. The average molecular weight is 226 g/mol. The van der Waals surface area contributed by atoms with Gasteiger partial charge in [-0.05, 0) is 55.5 Å². The Labute approximate surface area is 101 Å². The van der Waals surface area contributed by atoms with Crippen LogP contribution in [0.2, 0.25) is 0 Å². The van der Waals surface area contributed by atoms with Crippen LogP contribution in [-0.4, -0.2) is 19.6 Å². The lowest BCUT2D eigenvalue weighted by Gasteiger charge is -2.23. The van der Waals surface area contributed by atoms with E-state index in [2.05, 4.69) is 33.0 Å². The van der Waals surface area contributed by atoms with E-state index in [0.29, 0.717) is 11.3 Å². The van der Waals surface area contributed by atoms with Crippen LogP contribution in [0.4, 0.5) is 0 Å². The molecule has 0 aromatic heterocycles. The van der Waals surface area contributed by atoms with Gasteiger partial charge in [-0.2, -0.15) is 0 Å². The molecule has 0 aliphatic heterocycles. The molecule has 3 N–H and O–H groups in total. The summed E-state index contributed by atoms with van der Waals surface area (Å²) in [6, 6.07) is 0. The molecule has 0 radical (unpaired) electrons. The van der Waals surface area contributed by atoms with Crippen molar-refractivity contribution in [2.24, 2.45) is 28.9 Å². The topological polar surface area (TPSA) is 38.0 Å². The minimum atomic E-state index is 0.622. The lowest BCUT2D eigenvalue weighted by molar-refractivity contribution is 0.315. The van der Waals surface area contributed by atoms with Crippen LogP contribution in [0.5, 0.6) is 0 Å².